The molecule has 1 fully saturated rings. The number of nitrogens with one attached hydrogen (secondary N) is 1. The van der Waals surface area contributed by atoms with Crippen LogP contribution in [-0.2, 0) is 9.47 Å². The van der Waals surface area contributed by atoms with Gasteiger partial charge in [0.1, 0.15) is 5.60 Å². The molecule has 1 aliphatic rings. The Morgan fingerprint density at radius 1 is 1.45 bits per heavy atom. The number of benzene rings is 1. The Morgan fingerprint density at radius 2 is 2.20 bits per heavy atom. The van der Waals surface area contributed by atoms with Crippen molar-refractivity contribution < 1.29 is 24.2 Å². The molecule has 2 rings (SSSR count). The number of ether oxygens (including phenoxy) is 2. The molecule has 6 nitrogen and oxygen atoms in total. The molecular weight excluding hydrogens is 262 g/mol. The molecule has 108 valence electrons. The van der Waals surface area contributed by atoms with E-state index >= 15 is 0 Å². The smallest absolute Gasteiger partial charge is 0.335 e. The number of hydrogen-bond acceptors (Lipinski definition) is 4. The first kappa shape index (κ1) is 14.5. The first-order chi connectivity index (χ1) is 9.56. The number of carbonyl (C=O) groups excluding carboxylic acids is 1. The molecule has 1 saturated heterocycles. The fourth-order valence-corrected chi connectivity index (χ4v) is 2.10. The van der Waals surface area contributed by atoms with E-state index in [-0.39, 0.29) is 11.5 Å². The van der Waals surface area contributed by atoms with Crippen LogP contribution in [0.25, 0.3) is 0 Å². The molecule has 1 aromatic carbocycles. The lowest BCUT2D eigenvalue weighted by Gasteiger charge is -2.25. The van der Waals surface area contributed by atoms with E-state index in [0.29, 0.717) is 25.3 Å². The van der Waals surface area contributed by atoms with Crippen LogP contribution in [0.15, 0.2) is 24.3 Å². The molecular formula is C14H17NO5. The molecule has 1 atom stereocenters. The van der Waals surface area contributed by atoms with E-state index in [0.717, 1.165) is 6.42 Å². The second kappa shape index (κ2) is 6.02. The standard InChI is InChI=1S/C14H17NO5/c1-19-14(5-6-20-9-14)8-15-12(16)10-3-2-4-11(7-10)13(17)18/h2-4,7H,5-6,8-9H2,1H3,(H,15,16)(H,17,18). The summed E-state index contributed by atoms with van der Waals surface area (Å²) in [6.07, 6.45) is 0.721. The Balaban J connectivity index is 2.01. The number of hydrogen-bond donors (Lipinski definition) is 2. The molecule has 0 spiro atoms. The summed E-state index contributed by atoms with van der Waals surface area (Å²) in [5.74, 6) is -1.38. The molecule has 0 aromatic heterocycles. The lowest BCUT2D eigenvalue weighted by Crippen LogP contribution is -2.45. The number of carboxylic acid groups (broad SMARTS) is 1. The van der Waals surface area contributed by atoms with Crippen molar-refractivity contribution >= 4 is 11.9 Å². The Labute approximate surface area is 116 Å². The van der Waals surface area contributed by atoms with Gasteiger partial charge in [0, 0.05) is 32.2 Å². The van der Waals surface area contributed by atoms with Gasteiger partial charge in [0.25, 0.3) is 5.91 Å². The highest BCUT2D eigenvalue weighted by molar-refractivity contribution is 5.97. The predicted molar refractivity (Wildman–Crippen MR) is 70.9 cm³/mol. The van der Waals surface area contributed by atoms with Gasteiger partial charge in [-0.05, 0) is 18.2 Å². The summed E-state index contributed by atoms with van der Waals surface area (Å²) < 4.78 is 10.7. The summed E-state index contributed by atoms with van der Waals surface area (Å²) in [4.78, 5) is 22.9. The summed E-state index contributed by atoms with van der Waals surface area (Å²) in [6.45, 7) is 1.39. The molecule has 0 radical (unpaired) electrons. The van der Waals surface area contributed by atoms with E-state index < -0.39 is 11.6 Å². The van der Waals surface area contributed by atoms with Crippen molar-refractivity contribution in [1.29, 1.82) is 0 Å². The summed E-state index contributed by atoms with van der Waals surface area (Å²) >= 11 is 0. The van der Waals surface area contributed by atoms with Crippen molar-refractivity contribution in [1.82, 2.24) is 5.32 Å². The average Bonchev–Trinajstić information content (AvgIpc) is 2.94. The number of methoxy groups -OCH3 is 1. The fraction of sp³-hybridized carbons (Fsp3) is 0.429. The molecule has 1 amide bonds. The SMILES string of the molecule is COC1(CNC(=O)c2cccc(C(=O)O)c2)CCOC1. The zero-order valence-electron chi connectivity index (χ0n) is 11.2. The van der Waals surface area contributed by atoms with Crippen LogP contribution in [0.5, 0.6) is 0 Å². The van der Waals surface area contributed by atoms with Gasteiger partial charge in [-0.3, -0.25) is 4.79 Å². The molecule has 2 N–H and O–H groups in total. The van der Waals surface area contributed by atoms with E-state index in [1.807, 2.05) is 0 Å². The van der Waals surface area contributed by atoms with Gasteiger partial charge in [0.05, 0.1) is 12.2 Å². The van der Waals surface area contributed by atoms with Crippen LogP contribution in [0, 0.1) is 0 Å². The zero-order chi connectivity index (χ0) is 14.6. The first-order valence-corrected chi connectivity index (χ1v) is 6.31. The van der Waals surface area contributed by atoms with E-state index in [9.17, 15) is 9.59 Å². The van der Waals surface area contributed by atoms with Gasteiger partial charge in [0.2, 0.25) is 0 Å². The van der Waals surface area contributed by atoms with Crippen LogP contribution < -0.4 is 5.32 Å². The van der Waals surface area contributed by atoms with Gasteiger partial charge >= 0.3 is 5.97 Å². The van der Waals surface area contributed by atoms with E-state index in [1.54, 1.807) is 19.2 Å². The highest BCUT2D eigenvalue weighted by Gasteiger charge is 2.35. The first-order valence-electron chi connectivity index (χ1n) is 6.31. The van der Waals surface area contributed by atoms with Gasteiger partial charge in [-0.15, -0.1) is 0 Å². The minimum Gasteiger partial charge on any atom is -0.478 e. The number of rotatable bonds is 5. The molecule has 0 saturated carbocycles. The van der Waals surface area contributed by atoms with Crippen molar-refractivity contribution in [2.24, 2.45) is 0 Å². The Bertz CT molecular complexity index is 508. The number of carbonyl (C=O) groups is 2. The van der Waals surface area contributed by atoms with Crippen LogP contribution in [-0.4, -0.2) is 49.5 Å². The van der Waals surface area contributed by atoms with Crippen LogP contribution >= 0.6 is 0 Å². The molecule has 0 bridgehead atoms. The Morgan fingerprint density at radius 3 is 2.80 bits per heavy atom. The van der Waals surface area contributed by atoms with Crippen LogP contribution in [0.2, 0.25) is 0 Å². The minimum atomic E-state index is -1.06. The van der Waals surface area contributed by atoms with Gasteiger partial charge in [-0.1, -0.05) is 6.07 Å². The van der Waals surface area contributed by atoms with Crippen molar-refractivity contribution in [2.75, 3.05) is 26.9 Å². The van der Waals surface area contributed by atoms with Crippen LogP contribution in [0.3, 0.4) is 0 Å². The van der Waals surface area contributed by atoms with E-state index in [2.05, 4.69) is 5.32 Å². The third-order valence-corrected chi connectivity index (χ3v) is 3.44. The highest BCUT2D eigenvalue weighted by Crippen LogP contribution is 2.21. The quantitative estimate of drug-likeness (QED) is 0.837. The molecule has 1 aliphatic heterocycles. The molecule has 6 heteroatoms. The molecule has 0 aliphatic carbocycles. The van der Waals surface area contributed by atoms with Crippen molar-refractivity contribution in [3.63, 3.8) is 0 Å². The summed E-state index contributed by atoms with van der Waals surface area (Å²) in [7, 11) is 1.59. The number of aromatic carboxylic acids is 1. The third-order valence-electron chi connectivity index (χ3n) is 3.44. The molecule has 1 heterocycles. The zero-order valence-corrected chi connectivity index (χ0v) is 11.2. The second-order valence-corrected chi connectivity index (χ2v) is 4.76. The van der Waals surface area contributed by atoms with E-state index in [4.69, 9.17) is 14.6 Å². The summed E-state index contributed by atoms with van der Waals surface area (Å²) in [5, 5.41) is 11.7. The van der Waals surface area contributed by atoms with Gasteiger partial charge in [-0.25, -0.2) is 4.79 Å². The maximum absolute atomic E-state index is 12.0. The molecule has 1 unspecified atom stereocenters. The van der Waals surface area contributed by atoms with Gasteiger partial charge < -0.3 is 19.9 Å². The second-order valence-electron chi connectivity index (χ2n) is 4.76. The maximum atomic E-state index is 12.0. The van der Waals surface area contributed by atoms with Crippen LogP contribution in [0.4, 0.5) is 0 Å². The number of amides is 1. The van der Waals surface area contributed by atoms with E-state index in [1.165, 1.54) is 12.1 Å². The highest BCUT2D eigenvalue weighted by atomic mass is 16.5. The largest absolute Gasteiger partial charge is 0.478 e. The van der Waals surface area contributed by atoms with Gasteiger partial charge in [0.15, 0.2) is 0 Å². The van der Waals surface area contributed by atoms with Crippen LogP contribution in [0.1, 0.15) is 27.1 Å². The Kier molecular flexibility index (Phi) is 4.36. The van der Waals surface area contributed by atoms with Gasteiger partial charge in [-0.2, -0.15) is 0 Å². The predicted octanol–water partition coefficient (Wildman–Crippen LogP) is 0.920. The summed E-state index contributed by atoms with van der Waals surface area (Å²) in [5.41, 5.74) is -0.0848. The van der Waals surface area contributed by atoms with Crippen molar-refractivity contribution in [2.45, 2.75) is 12.0 Å². The summed E-state index contributed by atoms with van der Waals surface area (Å²) in [6, 6.07) is 5.92. The van der Waals surface area contributed by atoms with Crippen molar-refractivity contribution in [3.05, 3.63) is 35.4 Å². The fourth-order valence-electron chi connectivity index (χ4n) is 2.10. The average molecular weight is 279 g/mol. The lowest BCUT2D eigenvalue weighted by atomic mass is 10.0. The lowest BCUT2D eigenvalue weighted by molar-refractivity contribution is -0.0148. The number of carboxylic acids is 1. The molecule has 1 aromatic rings. The molecule has 20 heavy (non-hydrogen) atoms. The Hall–Kier alpha value is -1.92. The minimum absolute atomic E-state index is 0.0864. The maximum Gasteiger partial charge on any atom is 0.335 e. The topological polar surface area (TPSA) is 84.9 Å². The van der Waals surface area contributed by atoms with Crippen molar-refractivity contribution in [3.8, 4) is 0 Å². The third kappa shape index (κ3) is 3.15. The monoisotopic (exact) mass is 279 g/mol. The normalized spacial score (nSPS) is 21.6.